The Balaban J connectivity index is 2.09. The number of pyridine rings is 1. The van der Waals surface area contributed by atoms with Gasteiger partial charge in [0.15, 0.2) is 0 Å². The Morgan fingerprint density at radius 3 is 2.30 bits per heavy atom. The zero-order valence-electron chi connectivity index (χ0n) is 14.8. The number of nitrogens with one attached hydrogen (secondary N) is 2. The molecule has 1 unspecified atom stereocenters. The lowest BCUT2D eigenvalue weighted by atomic mass is 10.1. The number of carboxylic acid groups (broad SMARTS) is 1. The summed E-state index contributed by atoms with van der Waals surface area (Å²) in [5, 5.41) is 11.6. The molecule has 1 heterocycles. The van der Waals surface area contributed by atoms with Crippen molar-refractivity contribution in [1.29, 1.82) is 0 Å². The molecule has 3 N–H and O–H groups in total. The summed E-state index contributed by atoms with van der Waals surface area (Å²) < 4.78 is 27.1. The van der Waals surface area contributed by atoms with E-state index < -0.39 is 27.9 Å². The zero-order valence-corrected chi connectivity index (χ0v) is 15.6. The molecule has 0 radical (unpaired) electrons. The number of nitrogens with zero attached hydrogens (tertiary/aromatic N) is 1. The van der Waals surface area contributed by atoms with Gasteiger partial charge < -0.3 is 10.4 Å². The second-order valence-electron chi connectivity index (χ2n) is 5.87. The summed E-state index contributed by atoms with van der Waals surface area (Å²) in [6.07, 6.45) is 4.75. The standard InChI is InChI=1S/C18H21N3O5S/c1-2-3-4-16(18(23)24)20-17(22)13-5-7-15(8-6-13)27(25,26)21-14-9-11-19-12-10-14/h5-12,16H,2-4H2,1H3,(H,19,21)(H,20,22)(H,23,24). The first-order valence-electron chi connectivity index (χ1n) is 8.40. The van der Waals surface area contributed by atoms with Crippen molar-refractivity contribution in [3.8, 4) is 0 Å². The van der Waals surface area contributed by atoms with E-state index in [0.29, 0.717) is 18.5 Å². The lowest BCUT2D eigenvalue weighted by Gasteiger charge is -2.14. The van der Waals surface area contributed by atoms with Gasteiger partial charge in [-0.25, -0.2) is 13.2 Å². The number of hydrogen-bond acceptors (Lipinski definition) is 5. The van der Waals surface area contributed by atoms with Crippen LogP contribution in [0.5, 0.6) is 0 Å². The number of carbonyl (C=O) groups excluding carboxylic acids is 1. The van der Waals surface area contributed by atoms with Gasteiger partial charge in [0.1, 0.15) is 6.04 Å². The Morgan fingerprint density at radius 1 is 1.11 bits per heavy atom. The third-order valence-corrected chi connectivity index (χ3v) is 5.21. The third kappa shape index (κ3) is 5.78. The number of aromatic nitrogens is 1. The van der Waals surface area contributed by atoms with Crippen LogP contribution in [0.4, 0.5) is 5.69 Å². The molecule has 8 nitrogen and oxygen atoms in total. The molecular weight excluding hydrogens is 370 g/mol. The third-order valence-electron chi connectivity index (χ3n) is 3.81. The van der Waals surface area contributed by atoms with Crippen molar-refractivity contribution in [1.82, 2.24) is 10.3 Å². The molecule has 1 amide bonds. The number of unbranched alkanes of at least 4 members (excludes halogenated alkanes) is 1. The number of carbonyl (C=O) groups is 2. The van der Waals surface area contributed by atoms with Gasteiger partial charge in [-0.3, -0.25) is 14.5 Å². The van der Waals surface area contributed by atoms with Crippen LogP contribution in [-0.2, 0) is 14.8 Å². The minimum atomic E-state index is -3.81. The number of amides is 1. The Hall–Kier alpha value is -2.94. The lowest BCUT2D eigenvalue weighted by molar-refractivity contribution is -0.139. The van der Waals surface area contributed by atoms with E-state index in [1.54, 1.807) is 0 Å². The highest BCUT2D eigenvalue weighted by atomic mass is 32.2. The summed E-state index contributed by atoms with van der Waals surface area (Å²) in [5.41, 5.74) is 0.549. The number of sulfonamides is 1. The summed E-state index contributed by atoms with van der Waals surface area (Å²) >= 11 is 0. The summed E-state index contributed by atoms with van der Waals surface area (Å²) in [6, 6.07) is 7.32. The molecule has 0 saturated carbocycles. The summed E-state index contributed by atoms with van der Waals surface area (Å²) in [5.74, 6) is -1.66. The fourth-order valence-electron chi connectivity index (χ4n) is 2.33. The molecule has 1 aromatic carbocycles. The van der Waals surface area contributed by atoms with Crippen LogP contribution in [0.2, 0.25) is 0 Å². The normalized spacial score (nSPS) is 12.2. The Kier molecular flexibility index (Phi) is 6.89. The SMILES string of the molecule is CCCCC(NC(=O)c1ccc(S(=O)(=O)Nc2ccncc2)cc1)C(=O)O. The fourth-order valence-corrected chi connectivity index (χ4v) is 3.39. The molecule has 2 rings (SSSR count). The zero-order chi connectivity index (χ0) is 19.9. The van der Waals surface area contributed by atoms with Crippen molar-refractivity contribution in [3.05, 3.63) is 54.4 Å². The number of hydrogen-bond donors (Lipinski definition) is 3. The predicted molar refractivity (Wildman–Crippen MR) is 99.9 cm³/mol. The molecule has 2 aromatic rings. The number of rotatable bonds is 9. The molecule has 9 heteroatoms. The minimum absolute atomic E-state index is 0.0170. The van der Waals surface area contributed by atoms with Crippen LogP contribution in [0.15, 0.2) is 53.7 Å². The van der Waals surface area contributed by atoms with E-state index in [9.17, 15) is 23.1 Å². The number of carboxylic acids is 1. The maximum Gasteiger partial charge on any atom is 0.326 e. The van der Waals surface area contributed by atoms with Gasteiger partial charge in [-0.15, -0.1) is 0 Å². The van der Waals surface area contributed by atoms with Gasteiger partial charge in [0, 0.05) is 18.0 Å². The predicted octanol–water partition coefficient (Wildman–Crippen LogP) is 2.26. The van der Waals surface area contributed by atoms with Crippen LogP contribution in [0.3, 0.4) is 0 Å². The van der Waals surface area contributed by atoms with E-state index in [2.05, 4.69) is 15.0 Å². The summed E-state index contributed by atoms with van der Waals surface area (Å²) in [7, 11) is -3.81. The van der Waals surface area contributed by atoms with E-state index in [1.165, 1.54) is 48.8 Å². The molecule has 0 aliphatic rings. The second kappa shape index (κ2) is 9.13. The van der Waals surface area contributed by atoms with E-state index in [4.69, 9.17) is 0 Å². The average Bonchev–Trinajstić information content (AvgIpc) is 2.65. The van der Waals surface area contributed by atoms with Crippen LogP contribution in [0.25, 0.3) is 0 Å². The maximum atomic E-state index is 12.4. The molecule has 0 saturated heterocycles. The lowest BCUT2D eigenvalue weighted by Crippen LogP contribution is -2.40. The van der Waals surface area contributed by atoms with Gasteiger partial charge in [-0.05, 0) is 42.8 Å². The molecule has 0 aliphatic heterocycles. The monoisotopic (exact) mass is 391 g/mol. The molecular formula is C18H21N3O5S. The fraction of sp³-hybridized carbons (Fsp3) is 0.278. The molecule has 144 valence electrons. The molecule has 0 bridgehead atoms. The van der Waals surface area contributed by atoms with Gasteiger partial charge in [0.2, 0.25) is 0 Å². The molecule has 0 spiro atoms. The van der Waals surface area contributed by atoms with E-state index in [1.807, 2.05) is 6.92 Å². The van der Waals surface area contributed by atoms with Crippen LogP contribution in [-0.4, -0.2) is 36.4 Å². The summed E-state index contributed by atoms with van der Waals surface area (Å²) in [6.45, 7) is 1.93. The van der Waals surface area contributed by atoms with Crippen molar-refractivity contribution in [2.24, 2.45) is 0 Å². The van der Waals surface area contributed by atoms with Crippen molar-refractivity contribution in [2.75, 3.05) is 4.72 Å². The quantitative estimate of drug-likeness (QED) is 0.602. The van der Waals surface area contributed by atoms with E-state index in [0.717, 1.165) is 6.42 Å². The molecule has 1 atom stereocenters. The first-order chi connectivity index (χ1) is 12.8. The number of anilines is 1. The van der Waals surface area contributed by atoms with Crippen molar-refractivity contribution in [2.45, 2.75) is 37.1 Å². The Morgan fingerprint density at radius 2 is 1.74 bits per heavy atom. The Bertz CT molecular complexity index is 883. The minimum Gasteiger partial charge on any atom is -0.480 e. The van der Waals surface area contributed by atoms with Crippen LogP contribution < -0.4 is 10.0 Å². The highest BCUT2D eigenvalue weighted by molar-refractivity contribution is 7.92. The van der Waals surface area contributed by atoms with Gasteiger partial charge in [0.05, 0.1) is 10.6 Å². The van der Waals surface area contributed by atoms with Gasteiger partial charge in [0.25, 0.3) is 15.9 Å². The molecule has 27 heavy (non-hydrogen) atoms. The highest BCUT2D eigenvalue weighted by Crippen LogP contribution is 2.16. The van der Waals surface area contributed by atoms with Gasteiger partial charge >= 0.3 is 5.97 Å². The molecule has 0 aliphatic carbocycles. The number of benzene rings is 1. The second-order valence-corrected chi connectivity index (χ2v) is 7.55. The first-order valence-corrected chi connectivity index (χ1v) is 9.88. The summed E-state index contributed by atoms with van der Waals surface area (Å²) in [4.78, 5) is 27.2. The van der Waals surface area contributed by atoms with Crippen molar-refractivity contribution >= 4 is 27.6 Å². The molecule has 1 aromatic heterocycles. The smallest absolute Gasteiger partial charge is 0.326 e. The van der Waals surface area contributed by atoms with Gasteiger partial charge in [-0.2, -0.15) is 0 Å². The number of aliphatic carboxylic acids is 1. The maximum absolute atomic E-state index is 12.4. The largest absolute Gasteiger partial charge is 0.480 e. The first kappa shape index (κ1) is 20.4. The average molecular weight is 391 g/mol. The van der Waals surface area contributed by atoms with Crippen LogP contribution in [0, 0.1) is 0 Å². The van der Waals surface area contributed by atoms with Crippen LogP contribution in [0.1, 0.15) is 36.5 Å². The van der Waals surface area contributed by atoms with E-state index >= 15 is 0 Å². The van der Waals surface area contributed by atoms with Gasteiger partial charge in [-0.1, -0.05) is 19.8 Å². The highest BCUT2D eigenvalue weighted by Gasteiger charge is 2.21. The van der Waals surface area contributed by atoms with Crippen molar-refractivity contribution in [3.63, 3.8) is 0 Å². The molecule has 0 fully saturated rings. The topological polar surface area (TPSA) is 125 Å². The van der Waals surface area contributed by atoms with E-state index in [-0.39, 0.29) is 10.5 Å². The van der Waals surface area contributed by atoms with Crippen LogP contribution >= 0.6 is 0 Å². The van der Waals surface area contributed by atoms with Crippen molar-refractivity contribution < 1.29 is 23.1 Å². The Labute approximate surface area is 157 Å².